The molecule has 0 saturated heterocycles. The Labute approximate surface area is 121 Å². The summed E-state index contributed by atoms with van der Waals surface area (Å²) in [7, 11) is 1.88. The van der Waals surface area contributed by atoms with Crippen molar-refractivity contribution in [1.82, 2.24) is 14.9 Å². The first-order valence-electron chi connectivity index (χ1n) is 6.69. The fraction of sp³-hybridized carbons (Fsp3) is 0.188. The molecule has 2 heterocycles. The maximum Gasteiger partial charge on any atom is 0.140 e. The van der Waals surface area contributed by atoms with Crippen LogP contribution in [0.25, 0.3) is 11.0 Å². The van der Waals surface area contributed by atoms with Crippen molar-refractivity contribution in [2.24, 2.45) is 0 Å². The monoisotopic (exact) mass is 287 g/mol. The van der Waals surface area contributed by atoms with Crippen molar-refractivity contribution in [3.05, 3.63) is 65.5 Å². The molecule has 1 aromatic carbocycles. The first-order valence-corrected chi connectivity index (χ1v) is 6.69. The molecule has 0 radical (unpaired) electrons. The van der Waals surface area contributed by atoms with E-state index >= 15 is 0 Å². The fourth-order valence-electron chi connectivity index (χ4n) is 2.55. The molecule has 2 aromatic heterocycles. The Morgan fingerprint density at radius 2 is 1.95 bits per heavy atom. The lowest BCUT2D eigenvalue weighted by Crippen LogP contribution is -2.04. The number of hydrogen-bond acceptors (Lipinski definition) is 2. The number of halogens is 2. The number of benzene rings is 1. The molecule has 0 atom stereocenters. The van der Waals surface area contributed by atoms with Crippen molar-refractivity contribution in [2.75, 3.05) is 7.05 Å². The number of nitrogens with zero attached hydrogens (tertiary/aromatic N) is 2. The molecule has 0 aliphatic carbocycles. The summed E-state index contributed by atoms with van der Waals surface area (Å²) in [5.74, 6) is -1.13. The summed E-state index contributed by atoms with van der Waals surface area (Å²) in [6.45, 7) is 1.10. The molecule has 108 valence electrons. The van der Waals surface area contributed by atoms with Gasteiger partial charge >= 0.3 is 0 Å². The van der Waals surface area contributed by atoms with Crippen LogP contribution < -0.4 is 5.32 Å². The Morgan fingerprint density at radius 1 is 1.19 bits per heavy atom. The van der Waals surface area contributed by atoms with Crippen LogP contribution in [-0.4, -0.2) is 16.6 Å². The molecule has 0 amide bonds. The van der Waals surface area contributed by atoms with Gasteiger partial charge in [0.15, 0.2) is 0 Å². The maximum absolute atomic E-state index is 13.3. The first kappa shape index (κ1) is 13.7. The summed E-state index contributed by atoms with van der Waals surface area (Å²) in [5.41, 5.74) is 2.50. The molecule has 5 heteroatoms. The average Bonchev–Trinajstić information content (AvgIpc) is 2.77. The van der Waals surface area contributed by atoms with Gasteiger partial charge in [0.2, 0.25) is 0 Å². The van der Waals surface area contributed by atoms with Crippen molar-refractivity contribution < 1.29 is 8.78 Å². The lowest BCUT2D eigenvalue weighted by Gasteiger charge is -2.05. The highest BCUT2D eigenvalue weighted by Crippen LogP contribution is 2.21. The highest BCUT2D eigenvalue weighted by molar-refractivity contribution is 5.80. The first-order chi connectivity index (χ1) is 10.2. The quantitative estimate of drug-likeness (QED) is 0.799. The minimum atomic E-state index is -0.565. The molecule has 0 unspecified atom stereocenters. The van der Waals surface area contributed by atoms with E-state index in [1.165, 1.54) is 12.1 Å². The topological polar surface area (TPSA) is 29.9 Å². The van der Waals surface area contributed by atoms with Crippen LogP contribution in [0.2, 0.25) is 0 Å². The zero-order valence-electron chi connectivity index (χ0n) is 11.6. The number of rotatable bonds is 4. The average molecular weight is 287 g/mol. The maximum atomic E-state index is 13.3. The fourth-order valence-corrected chi connectivity index (χ4v) is 2.55. The molecule has 0 spiro atoms. The van der Waals surface area contributed by atoms with Gasteiger partial charge in [-0.1, -0.05) is 0 Å². The third-order valence-corrected chi connectivity index (χ3v) is 3.36. The molecule has 0 aliphatic rings. The molecular formula is C16H15F2N3. The van der Waals surface area contributed by atoms with E-state index in [1.54, 1.807) is 6.20 Å². The summed E-state index contributed by atoms with van der Waals surface area (Å²) >= 11 is 0. The van der Waals surface area contributed by atoms with Crippen LogP contribution in [0.15, 0.2) is 42.7 Å². The number of aromatic nitrogens is 2. The third-order valence-electron chi connectivity index (χ3n) is 3.36. The van der Waals surface area contributed by atoms with Crippen LogP contribution >= 0.6 is 0 Å². The van der Waals surface area contributed by atoms with E-state index in [9.17, 15) is 8.78 Å². The van der Waals surface area contributed by atoms with E-state index in [-0.39, 0.29) is 0 Å². The van der Waals surface area contributed by atoms with Crippen LogP contribution in [0.3, 0.4) is 0 Å². The molecule has 3 rings (SSSR count). The lowest BCUT2D eigenvalue weighted by atomic mass is 10.2. The van der Waals surface area contributed by atoms with Gasteiger partial charge < -0.3 is 9.88 Å². The minimum absolute atomic E-state index is 0.381. The van der Waals surface area contributed by atoms with Gasteiger partial charge in [-0.15, -0.1) is 0 Å². The Morgan fingerprint density at radius 3 is 2.67 bits per heavy atom. The molecule has 0 fully saturated rings. The van der Waals surface area contributed by atoms with Gasteiger partial charge in [-0.05, 0) is 42.4 Å². The second-order valence-electron chi connectivity index (χ2n) is 4.96. The summed E-state index contributed by atoms with van der Waals surface area (Å²) in [5, 5.41) is 4.16. The molecule has 1 N–H and O–H groups in total. The Balaban J connectivity index is 2.04. The predicted molar refractivity (Wildman–Crippen MR) is 78.0 cm³/mol. The molecule has 3 aromatic rings. The van der Waals surface area contributed by atoms with E-state index in [0.717, 1.165) is 22.7 Å². The van der Waals surface area contributed by atoms with Gasteiger partial charge in [0, 0.05) is 36.9 Å². The summed E-state index contributed by atoms with van der Waals surface area (Å²) in [4.78, 5) is 4.37. The lowest BCUT2D eigenvalue weighted by molar-refractivity contribution is 0.578. The summed E-state index contributed by atoms with van der Waals surface area (Å²) < 4.78 is 28.5. The highest BCUT2D eigenvalue weighted by atomic mass is 19.1. The van der Waals surface area contributed by atoms with E-state index in [0.29, 0.717) is 18.7 Å². The largest absolute Gasteiger partial charge is 0.328 e. The van der Waals surface area contributed by atoms with Gasteiger partial charge in [-0.2, -0.15) is 0 Å². The zero-order chi connectivity index (χ0) is 14.8. The Hall–Kier alpha value is -2.27. The van der Waals surface area contributed by atoms with Crippen molar-refractivity contribution in [3.8, 4) is 0 Å². The second-order valence-corrected chi connectivity index (χ2v) is 4.96. The standard InChI is InChI=1S/C16H15F2N3/c1-19-8-12-10-21(16-15(12)3-2-4-20-16)9-11-5-13(17)7-14(18)6-11/h2-7,10,19H,8-9H2,1H3. The number of pyridine rings is 1. The molecule has 0 aliphatic heterocycles. The van der Waals surface area contributed by atoms with Crippen LogP contribution in [-0.2, 0) is 13.1 Å². The van der Waals surface area contributed by atoms with Gasteiger partial charge in [0.25, 0.3) is 0 Å². The van der Waals surface area contributed by atoms with Crippen LogP contribution in [0.4, 0.5) is 8.78 Å². The smallest absolute Gasteiger partial charge is 0.140 e. The van der Waals surface area contributed by atoms with Gasteiger partial charge in [-0.25, -0.2) is 13.8 Å². The van der Waals surface area contributed by atoms with Crippen LogP contribution in [0.5, 0.6) is 0 Å². The second kappa shape index (κ2) is 5.61. The van der Waals surface area contributed by atoms with E-state index in [1.807, 2.05) is 29.9 Å². The normalized spacial score (nSPS) is 11.2. The van der Waals surface area contributed by atoms with Crippen molar-refractivity contribution in [3.63, 3.8) is 0 Å². The molecular weight excluding hydrogens is 272 g/mol. The minimum Gasteiger partial charge on any atom is -0.328 e. The van der Waals surface area contributed by atoms with Crippen molar-refractivity contribution in [1.29, 1.82) is 0 Å². The molecule has 0 saturated carbocycles. The predicted octanol–water partition coefficient (Wildman–Crippen LogP) is 3.08. The SMILES string of the molecule is CNCc1cn(Cc2cc(F)cc(F)c2)c2ncccc12. The van der Waals surface area contributed by atoms with Crippen LogP contribution in [0, 0.1) is 11.6 Å². The Bertz CT molecular complexity index is 760. The number of nitrogens with one attached hydrogen (secondary N) is 1. The number of fused-ring (bicyclic) bond motifs is 1. The highest BCUT2D eigenvalue weighted by Gasteiger charge is 2.10. The van der Waals surface area contributed by atoms with E-state index in [2.05, 4.69) is 10.3 Å². The molecule has 21 heavy (non-hydrogen) atoms. The van der Waals surface area contributed by atoms with Gasteiger partial charge in [0.1, 0.15) is 17.3 Å². The summed E-state index contributed by atoms with van der Waals surface area (Å²) in [6.07, 6.45) is 3.69. The Kier molecular flexibility index (Phi) is 3.66. The third kappa shape index (κ3) is 2.78. The summed E-state index contributed by atoms with van der Waals surface area (Å²) in [6, 6.07) is 7.44. The number of hydrogen-bond donors (Lipinski definition) is 1. The van der Waals surface area contributed by atoms with E-state index in [4.69, 9.17) is 0 Å². The van der Waals surface area contributed by atoms with Crippen molar-refractivity contribution >= 4 is 11.0 Å². The van der Waals surface area contributed by atoms with E-state index < -0.39 is 11.6 Å². The van der Waals surface area contributed by atoms with Gasteiger partial charge in [-0.3, -0.25) is 0 Å². The zero-order valence-corrected chi connectivity index (χ0v) is 11.6. The molecule has 0 bridgehead atoms. The van der Waals surface area contributed by atoms with Crippen molar-refractivity contribution in [2.45, 2.75) is 13.1 Å². The molecule has 3 nitrogen and oxygen atoms in total. The van der Waals surface area contributed by atoms with Gasteiger partial charge in [0.05, 0.1) is 0 Å². The van der Waals surface area contributed by atoms with Crippen LogP contribution in [0.1, 0.15) is 11.1 Å².